The summed E-state index contributed by atoms with van der Waals surface area (Å²) < 4.78 is 6.66. The van der Waals surface area contributed by atoms with Gasteiger partial charge in [-0.2, -0.15) is 0 Å². The average Bonchev–Trinajstić information content (AvgIpc) is 3.05. The van der Waals surface area contributed by atoms with Crippen LogP contribution in [0.5, 0.6) is 0 Å². The molecule has 100 valence electrons. The van der Waals surface area contributed by atoms with Crippen molar-refractivity contribution in [2.45, 2.75) is 25.4 Å². The molecule has 0 saturated heterocycles. The molecule has 0 aliphatic heterocycles. The zero-order chi connectivity index (χ0) is 13.4. The highest BCUT2D eigenvalue weighted by molar-refractivity contribution is 9.10. The van der Waals surface area contributed by atoms with Crippen molar-refractivity contribution in [2.24, 2.45) is 0 Å². The molecule has 1 N–H and O–H groups in total. The fourth-order valence-electron chi connectivity index (χ4n) is 1.92. The first kappa shape index (κ1) is 13.5. The van der Waals surface area contributed by atoms with E-state index in [1.807, 2.05) is 24.3 Å². The SMILES string of the molecule is Clc1cc(Br)cc(Cl)c1-c1ccc(CNC2CC2)o1. The van der Waals surface area contributed by atoms with Crippen molar-refractivity contribution in [3.05, 3.63) is 44.5 Å². The Labute approximate surface area is 130 Å². The minimum absolute atomic E-state index is 0.579. The molecule has 0 spiro atoms. The summed E-state index contributed by atoms with van der Waals surface area (Å²) in [6, 6.07) is 8.15. The van der Waals surface area contributed by atoms with E-state index in [2.05, 4.69) is 21.2 Å². The molecule has 2 nitrogen and oxygen atoms in total. The van der Waals surface area contributed by atoms with Crippen LogP contribution in [0.2, 0.25) is 10.0 Å². The predicted octanol–water partition coefficient (Wildman–Crippen LogP) is 5.27. The second kappa shape index (κ2) is 5.49. The molecule has 1 fully saturated rings. The maximum absolute atomic E-state index is 6.23. The van der Waals surface area contributed by atoms with E-state index in [9.17, 15) is 0 Å². The Hall–Kier alpha value is -0.480. The van der Waals surface area contributed by atoms with Crippen LogP contribution in [0.4, 0.5) is 0 Å². The van der Waals surface area contributed by atoms with Gasteiger partial charge in [-0.25, -0.2) is 0 Å². The van der Waals surface area contributed by atoms with Gasteiger partial charge in [-0.3, -0.25) is 0 Å². The Balaban J connectivity index is 1.85. The summed E-state index contributed by atoms with van der Waals surface area (Å²) in [5.74, 6) is 1.60. The van der Waals surface area contributed by atoms with Crippen LogP contribution in [0.3, 0.4) is 0 Å². The molecule has 5 heteroatoms. The molecule has 2 aromatic rings. The number of nitrogens with one attached hydrogen (secondary N) is 1. The van der Waals surface area contributed by atoms with Gasteiger partial charge >= 0.3 is 0 Å². The van der Waals surface area contributed by atoms with Crippen molar-refractivity contribution in [3.8, 4) is 11.3 Å². The topological polar surface area (TPSA) is 25.2 Å². The zero-order valence-electron chi connectivity index (χ0n) is 10.1. The summed E-state index contributed by atoms with van der Waals surface area (Å²) in [4.78, 5) is 0. The summed E-state index contributed by atoms with van der Waals surface area (Å²) in [6.07, 6.45) is 2.52. The van der Waals surface area contributed by atoms with E-state index < -0.39 is 0 Å². The van der Waals surface area contributed by atoms with Crippen molar-refractivity contribution >= 4 is 39.1 Å². The van der Waals surface area contributed by atoms with Gasteiger partial charge in [0.1, 0.15) is 11.5 Å². The predicted molar refractivity (Wildman–Crippen MR) is 81.7 cm³/mol. The summed E-state index contributed by atoms with van der Waals surface area (Å²) in [5, 5.41) is 4.57. The molecular weight excluding hydrogens is 349 g/mol. The Morgan fingerprint density at radius 3 is 2.53 bits per heavy atom. The summed E-state index contributed by atoms with van der Waals surface area (Å²) >= 11 is 15.8. The van der Waals surface area contributed by atoms with Gasteiger partial charge in [0.15, 0.2) is 0 Å². The van der Waals surface area contributed by atoms with E-state index in [-0.39, 0.29) is 0 Å². The van der Waals surface area contributed by atoms with E-state index in [0.717, 1.165) is 22.3 Å². The molecule has 0 bridgehead atoms. The van der Waals surface area contributed by atoms with Crippen LogP contribution in [0.25, 0.3) is 11.3 Å². The molecule has 1 aliphatic rings. The van der Waals surface area contributed by atoms with Crippen LogP contribution in [-0.4, -0.2) is 6.04 Å². The van der Waals surface area contributed by atoms with Crippen molar-refractivity contribution < 1.29 is 4.42 Å². The first-order chi connectivity index (χ1) is 9.13. The smallest absolute Gasteiger partial charge is 0.137 e. The maximum Gasteiger partial charge on any atom is 0.137 e. The third-order valence-electron chi connectivity index (χ3n) is 3.06. The molecule has 1 aliphatic carbocycles. The number of benzene rings is 1. The molecule has 0 atom stereocenters. The van der Waals surface area contributed by atoms with Gasteiger partial charge in [-0.15, -0.1) is 0 Å². The van der Waals surface area contributed by atoms with E-state index in [1.54, 1.807) is 0 Å². The van der Waals surface area contributed by atoms with Crippen molar-refractivity contribution in [1.29, 1.82) is 0 Å². The van der Waals surface area contributed by atoms with E-state index in [4.69, 9.17) is 27.6 Å². The Bertz CT molecular complexity index is 584. The molecular formula is C14H12BrCl2NO. The molecule has 1 aromatic heterocycles. The Morgan fingerprint density at radius 1 is 1.21 bits per heavy atom. The van der Waals surface area contributed by atoms with Gasteiger partial charge in [-0.1, -0.05) is 39.1 Å². The van der Waals surface area contributed by atoms with E-state index in [0.29, 0.717) is 21.8 Å². The second-order valence-corrected chi connectivity index (χ2v) is 6.40. The lowest BCUT2D eigenvalue weighted by atomic mass is 10.2. The summed E-state index contributed by atoms with van der Waals surface area (Å²) in [6.45, 7) is 0.746. The average molecular weight is 361 g/mol. The zero-order valence-corrected chi connectivity index (χ0v) is 13.1. The van der Waals surface area contributed by atoms with Crippen molar-refractivity contribution in [2.75, 3.05) is 0 Å². The summed E-state index contributed by atoms with van der Waals surface area (Å²) in [7, 11) is 0. The fraction of sp³-hybridized carbons (Fsp3) is 0.286. The van der Waals surface area contributed by atoms with Crippen LogP contribution in [-0.2, 0) is 6.54 Å². The van der Waals surface area contributed by atoms with Gasteiger partial charge in [0, 0.05) is 10.5 Å². The lowest BCUT2D eigenvalue weighted by molar-refractivity contribution is 0.492. The van der Waals surface area contributed by atoms with Gasteiger partial charge < -0.3 is 9.73 Å². The fourth-order valence-corrected chi connectivity index (χ4v) is 3.31. The van der Waals surface area contributed by atoms with Crippen LogP contribution in [0.15, 0.2) is 33.2 Å². The van der Waals surface area contributed by atoms with Crippen molar-refractivity contribution in [1.82, 2.24) is 5.32 Å². The lowest BCUT2D eigenvalue weighted by Crippen LogP contribution is -2.14. The highest BCUT2D eigenvalue weighted by Crippen LogP contribution is 2.38. The molecule has 3 rings (SSSR count). The molecule has 0 unspecified atom stereocenters. The number of rotatable bonds is 4. The van der Waals surface area contributed by atoms with Gasteiger partial charge in [-0.05, 0) is 37.1 Å². The van der Waals surface area contributed by atoms with Gasteiger partial charge in [0.05, 0.1) is 22.2 Å². The lowest BCUT2D eigenvalue weighted by Gasteiger charge is -2.05. The molecule has 0 radical (unpaired) electrons. The highest BCUT2D eigenvalue weighted by Gasteiger charge is 2.21. The number of hydrogen-bond acceptors (Lipinski definition) is 2. The van der Waals surface area contributed by atoms with Crippen LogP contribution >= 0.6 is 39.1 Å². The molecule has 0 amide bonds. The first-order valence-electron chi connectivity index (χ1n) is 6.10. The van der Waals surface area contributed by atoms with Crippen LogP contribution in [0, 0.1) is 0 Å². The van der Waals surface area contributed by atoms with Crippen LogP contribution < -0.4 is 5.32 Å². The second-order valence-electron chi connectivity index (χ2n) is 4.67. The van der Waals surface area contributed by atoms with Crippen LogP contribution in [0.1, 0.15) is 18.6 Å². The molecule has 1 aromatic carbocycles. The van der Waals surface area contributed by atoms with E-state index >= 15 is 0 Å². The first-order valence-corrected chi connectivity index (χ1v) is 7.65. The maximum atomic E-state index is 6.23. The molecule has 19 heavy (non-hydrogen) atoms. The highest BCUT2D eigenvalue weighted by atomic mass is 79.9. The normalized spacial score (nSPS) is 14.9. The number of halogens is 3. The third-order valence-corrected chi connectivity index (χ3v) is 4.11. The Morgan fingerprint density at radius 2 is 1.89 bits per heavy atom. The quantitative estimate of drug-likeness (QED) is 0.803. The minimum atomic E-state index is 0.579. The Kier molecular flexibility index (Phi) is 3.90. The number of hydrogen-bond donors (Lipinski definition) is 1. The number of furan rings is 1. The van der Waals surface area contributed by atoms with E-state index in [1.165, 1.54) is 12.8 Å². The molecule has 1 heterocycles. The monoisotopic (exact) mass is 359 g/mol. The largest absolute Gasteiger partial charge is 0.460 e. The van der Waals surface area contributed by atoms with Gasteiger partial charge in [0.2, 0.25) is 0 Å². The summed E-state index contributed by atoms with van der Waals surface area (Å²) in [5.41, 5.74) is 0.740. The minimum Gasteiger partial charge on any atom is -0.460 e. The standard InChI is InChI=1S/C14H12BrCl2NO/c15-8-5-11(16)14(12(17)6-8)13-4-3-10(19-13)7-18-9-1-2-9/h3-6,9,18H,1-2,7H2. The van der Waals surface area contributed by atoms with Gasteiger partial charge in [0.25, 0.3) is 0 Å². The molecule has 1 saturated carbocycles. The third kappa shape index (κ3) is 3.16. The van der Waals surface area contributed by atoms with Crippen molar-refractivity contribution in [3.63, 3.8) is 0 Å².